The van der Waals surface area contributed by atoms with Gasteiger partial charge in [-0.2, -0.15) is 0 Å². The molecule has 112 valence electrons. The average Bonchev–Trinajstić information content (AvgIpc) is 2.85. The van der Waals surface area contributed by atoms with Gasteiger partial charge in [0.1, 0.15) is 5.78 Å². The molecule has 1 fully saturated rings. The van der Waals surface area contributed by atoms with E-state index in [0.717, 1.165) is 24.0 Å². The molecule has 0 radical (unpaired) electrons. The van der Waals surface area contributed by atoms with Gasteiger partial charge in [-0.3, -0.25) is 14.4 Å². The quantitative estimate of drug-likeness (QED) is 0.834. The van der Waals surface area contributed by atoms with Gasteiger partial charge in [0.15, 0.2) is 0 Å². The van der Waals surface area contributed by atoms with Crippen molar-refractivity contribution in [1.29, 1.82) is 0 Å². The summed E-state index contributed by atoms with van der Waals surface area (Å²) < 4.78 is 0. The van der Waals surface area contributed by atoms with E-state index in [2.05, 4.69) is 5.32 Å². The van der Waals surface area contributed by atoms with E-state index < -0.39 is 5.97 Å². The Hall–Kier alpha value is -2.17. The number of carboxylic acid groups (broad SMARTS) is 1. The molecule has 1 aromatic carbocycles. The number of carbonyl (C=O) groups excluding carboxylic acids is 2. The molecule has 1 unspecified atom stereocenters. The fourth-order valence-corrected chi connectivity index (χ4v) is 2.64. The number of nitrogens with one attached hydrogen (secondary N) is 1. The summed E-state index contributed by atoms with van der Waals surface area (Å²) in [5.74, 6) is -0.888. The van der Waals surface area contributed by atoms with Crippen molar-refractivity contribution >= 4 is 17.7 Å². The molecule has 1 saturated carbocycles. The number of amides is 1. The summed E-state index contributed by atoms with van der Waals surface area (Å²) in [7, 11) is 0. The fraction of sp³-hybridized carbons (Fsp3) is 0.438. The van der Waals surface area contributed by atoms with Crippen LogP contribution in [0.5, 0.6) is 0 Å². The third-order valence-corrected chi connectivity index (χ3v) is 3.68. The van der Waals surface area contributed by atoms with Gasteiger partial charge in [0.2, 0.25) is 5.91 Å². The minimum absolute atomic E-state index is 0.0278. The summed E-state index contributed by atoms with van der Waals surface area (Å²) in [6, 6.07) is 7.55. The molecule has 0 heterocycles. The van der Waals surface area contributed by atoms with Crippen LogP contribution in [0.3, 0.4) is 0 Å². The van der Waals surface area contributed by atoms with Gasteiger partial charge in [-0.1, -0.05) is 24.3 Å². The van der Waals surface area contributed by atoms with E-state index in [0.29, 0.717) is 6.42 Å². The number of Topliss-reactive ketones (excluding diaryl/α,β-unsaturated/α-hetero) is 1. The van der Waals surface area contributed by atoms with Crippen LogP contribution >= 0.6 is 0 Å². The molecular formula is C16H19NO4. The van der Waals surface area contributed by atoms with Crippen LogP contribution in [0.4, 0.5) is 0 Å². The Labute approximate surface area is 123 Å². The van der Waals surface area contributed by atoms with E-state index in [1.165, 1.54) is 0 Å². The van der Waals surface area contributed by atoms with Gasteiger partial charge < -0.3 is 10.4 Å². The zero-order valence-electron chi connectivity index (χ0n) is 11.8. The smallest absolute Gasteiger partial charge is 0.305 e. The van der Waals surface area contributed by atoms with Crippen LogP contribution in [-0.2, 0) is 20.8 Å². The Bertz CT molecular complexity index is 553. The van der Waals surface area contributed by atoms with Crippen molar-refractivity contribution in [2.45, 2.75) is 38.0 Å². The van der Waals surface area contributed by atoms with Crippen molar-refractivity contribution in [3.05, 3.63) is 35.4 Å². The lowest BCUT2D eigenvalue weighted by molar-refractivity contribution is -0.137. The Morgan fingerprint density at radius 3 is 2.81 bits per heavy atom. The van der Waals surface area contributed by atoms with Gasteiger partial charge in [0, 0.05) is 18.9 Å². The number of ketones is 1. The number of hydrogen-bond donors (Lipinski definition) is 2. The van der Waals surface area contributed by atoms with E-state index in [9.17, 15) is 14.4 Å². The van der Waals surface area contributed by atoms with E-state index in [1.54, 1.807) is 0 Å². The van der Waals surface area contributed by atoms with Crippen LogP contribution in [-0.4, -0.2) is 29.3 Å². The van der Waals surface area contributed by atoms with Crippen molar-refractivity contribution in [3.8, 4) is 0 Å². The Morgan fingerprint density at radius 1 is 1.33 bits per heavy atom. The highest BCUT2D eigenvalue weighted by molar-refractivity contribution is 5.87. The predicted molar refractivity (Wildman–Crippen MR) is 77.0 cm³/mol. The Balaban J connectivity index is 1.93. The third-order valence-electron chi connectivity index (χ3n) is 3.68. The number of benzene rings is 1. The summed E-state index contributed by atoms with van der Waals surface area (Å²) in [6.07, 6.45) is 2.58. The van der Waals surface area contributed by atoms with Crippen LogP contribution in [0, 0.1) is 0 Å². The van der Waals surface area contributed by atoms with Gasteiger partial charge in [-0.05, 0) is 24.0 Å². The van der Waals surface area contributed by atoms with Gasteiger partial charge in [-0.25, -0.2) is 0 Å². The molecule has 1 aliphatic rings. The monoisotopic (exact) mass is 289 g/mol. The van der Waals surface area contributed by atoms with Crippen LogP contribution in [0.2, 0.25) is 0 Å². The van der Waals surface area contributed by atoms with Gasteiger partial charge in [0.25, 0.3) is 0 Å². The second-order valence-corrected chi connectivity index (χ2v) is 5.33. The summed E-state index contributed by atoms with van der Waals surface area (Å²) in [6.45, 7) is 0.134. The minimum atomic E-state index is -0.933. The van der Waals surface area contributed by atoms with Crippen LogP contribution in [0.1, 0.15) is 42.7 Å². The average molecular weight is 289 g/mol. The molecule has 1 aromatic rings. The molecule has 2 rings (SSSR count). The van der Waals surface area contributed by atoms with E-state index in [-0.39, 0.29) is 37.0 Å². The SMILES string of the molecule is O=C(O)CCNC(=O)Cc1cccc(C2CCCC2=O)c1. The number of aliphatic carboxylic acids is 1. The second kappa shape index (κ2) is 7.02. The number of carboxylic acids is 1. The molecule has 0 bridgehead atoms. The molecule has 0 aromatic heterocycles. The van der Waals surface area contributed by atoms with Crippen LogP contribution < -0.4 is 5.32 Å². The van der Waals surface area contributed by atoms with Crippen LogP contribution in [0.15, 0.2) is 24.3 Å². The second-order valence-electron chi connectivity index (χ2n) is 5.33. The molecule has 1 amide bonds. The summed E-state index contributed by atoms with van der Waals surface area (Å²) in [5, 5.41) is 11.1. The first kappa shape index (κ1) is 15.2. The first-order valence-corrected chi connectivity index (χ1v) is 7.16. The Kier molecular flexibility index (Phi) is 5.09. The lowest BCUT2D eigenvalue weighted by Gasteiger charge is -2.10. The minimum Gasteiger partial charge on any atom is -0.481 e. The largest absolute Gasteiger partial charge is 0.481 e. The van der Waals surface area contributed by atoms with Crippen LogP contribution in [0.25, 0.3) is 0 Å². The van der Waals surface area contributed by atoms with Gasteiger partial charge >= 0.3 is 5.97 Å². The van der Waals surface area contributed by atoms with Crippen molar-refractivity contribution in [2.24, 2.45) is 0 Å². The summed E-state index contributed by atoms with van der Waals surface area (Å²) >= 11 is 0. The molecule has 21 heavy (non-hydrogen) atoms. The summed E-state index contributed by atoms with van der Waals surface area (Å²) in [4.78, 5) is 33.9. The van der Waals surface area contributed by atoms with E-state index in [4.69, 9.17) is 5.11 Å². The number of hydrogen-bond acceptors (Lipinski definition) is 3. The highest BCUT2D eigenvalue weighted by atomic mass is 16.4. The molecule has 5 nitrogen and oxygen atoms in total. The van der Waals surface area contributed by atoms with E-state index >= 15 is 0 Å². The Morgan fingerprint density at radius 2 is 2.14 bits per heavy atom. The lowest BCUT2D eigenvalue weighted by atomic mass is 9.94. The molecule has 0 aliphatic heterocycles. The fourth-order valence-electron chi connectivity index (χ4n) is 2.64. The van der Waals surface area contributed by atoms with Crippen molar-refractivity contribution in [2.75, 3.05) is 6.54 Å². The van der Waals surface area contributed by atoms with E-state index in [1.807, 2.05) is 24.3 Å². The summed E-state index contributed by atoms with van der Waals surface area (Å²) in [5.41, 5.74) is 1.83. The number of carbonyl (C=O) groups is 3. The standard InChI is InChI=1S/C16H19NO4/c18-14-6-2-5-13(14)12-4-1-3-11(9-12)10-15(19)17-8-7-16(20)21/h1,3-4,9,13H,2,5-8,10H2,(H,17,19)(H,20,21). The van der Waals surface area contributed by atoms with Gasteiger partial charge in [-0.15, -0.1) is 0 Å². The molecule has 0 saturated heterocycles. The maximum Gasteiger partial charge on any atom is 0.305 e. The molecule has 0 spiro atoms. The molecule has 5 heteroatoms. The lowest BCUT2D eigenvalue weighted by Crippen LogP contribution is -2.27. The maximum absolute atomic E-state index is 11.8. The van der Waals surface area contributed by atoms with Crippen molar-refractivity contribution in [3.63, 3.8) is 0 Å². The highest BCUT2D eigenvalue weighted by Gasteiger charge is 2.25. The maximum atomic E-state index is 11.8. The molecule has 1 aliphatic carbocycles. The molecule has 1 atom stereocenters. The normalized spacial score (nSPS) is 17.7. The topological polar surface area (TPSA) is 83.5 Å². The predicted octanol–water partition coefficient (Wildman–Crippen LogP) is 1.66. The molecular weight excluding hydrogens is 270 g/mol. The zero-order valence-corrected chi connectivity index (χ0v) is 11.8. The van der Waals surface area contributed by atoms with Crippen molar-refractivity contribution in [1.82, 2.24) is 5.32 Å². The first-order valence-electron chi connectivity index (χ1n) is 7.16. The van der Waals surface area contributed by atoms with Gasteiger partial charge in [0.05, 0.1) is 12.8 Å². The highest BCUT2D eigenvalue weighted by Crippen LogP contribution is 2.31. The molecule has 2 N–H and O–H groups in total. The third kappa shape index (κ3) is 4.41. The first-order chi connectivity index (χ1) is 10.1. The number of rotatable bonds is 6. The van der Waals surface area contributed by atoms with Crippen molar-refractivity contribution < 1.29 is 19.5 Å². The zero-order chi connectivity index (χ0) is 15.2.